The zero-order chi connectivity index (χ0) is 21.3. The molecule has 0 atom stereocenters. The topological polar surface area (TPSA) is 58.1 Å². The van der Waals surface area contributed by atoms with Crippen LogP contribution in [0.2, 0.25) is 0 Å². The number of rotatable bonds is 7. The van der Waals surface area contributed by atoms with Crippen molar-refractivity contribution in [2.45, 2.75) is 40.0 Å². The minimum atomic E-state index is 0.142. The fraction of sp³-hybridized carbons (Fsp3) is 0.458. The molecule has 6 nitrogen and oxygen atoms in total. The second kappa shape index (κ2) is 10.9. The lowest BCUT2D eigenvalue weighted by molar-refractivity contribution is 0.122. The number of aliphatic imine (C=N–C) groups is 1. The first-order valence-electron chi connectivity index (χ1n) is 10.7. The minimum absolute atomic E-state index is 0.142. The van der Waals surface area contributed by atoms with E-state index in [9.17, 15) is 0 Å². The number of ether oxygens (including phenoxy) is 2. The Balaban J connectivity index is 1.53. The summed E-state index contributed by atoms with van der Waals surface area (Å²) in [5.74, 6) is 1.69. The maximum Gasteiger partial charge on any atom is 0.191 e. The van der Waals surface area contributed by atoms with Gasteiger partial charge in [-0.2, -0.15) is 0 Å². The quantitative estimate of drug-likeness (QED) is 0.541. The molecule has 0 aliphatic carbocycles. The van der Waals surface area contributed by atoms with Crippen LogP contribution in [0.3, 0.4) is 0 Å². The molecule has 1 fully saturated rings. The molecule has 0 aromatic heterocycles. The van der Waals surface area contributed by atoms with E-state index in [1.54, 1.807) is 7.05 Å². The van der Waals surface area contributed by atoms with Crippen LogP contribution in [0.1, 0.15) is 30.5 Å². The van der Waals surface area contributed by atoms with Gasteiger partial charge in [0.15, 0.2) is 5.96 Å². The number of hydrogen-bond acceptors (Lipinski definition) is 4. The summed E-state index contributed by atoms with van der Waals surface area (Å²) in [5, 5.41) is 6.78. The fourth-order valence-corrected chi connectivity index (χ4v) is 3.40. The number of guanidine groups is 1. The average molecular weight is 411 g/mol. The van der Waals surface area contributed by atoms with Gasteiger partial charge < -0.3 is 25.0 Å². The Morgan fingerprint density at radius 1 is 1.07 bits per heavy atom. The van der Waals surface area contributed by atoms with Crippen molar-refractivity contribution in [3.05, 3.63) is 59.2 Å². The van der Waals surface area contributed by atoms with Crippen molar-refractivity contribution >= 4 is 11.6 Å². The monoisotopic (exact) mass is 410 g/mol. The van der Waals surface area contributed by atoms with Gasteiger partial charge in [0.1, 0.15) is 5.75 Å². The second-order valence-corrected chi connectivity index (χ2v) is 7.82. The molecule has 1 heterocycles. The highest BCUT2D eigenvalue weighted by atomic mass is 16.5. The van der Waals surface area contributed by atoms with Crippen LogP contribution >= 0.6 is 0 Å². The van der Waals surface area contributed by atoms with Gasteiger partial charge in [0.05, 0.1) is 19.3 Å². The van der Waals surface area contributed by atoms with Crippen LogP contribution in [-0.2, 0) is 17.8 Å². The molecule has 0 unspecified atom stereocenters. The van der Waals surface area contributed by atoms with Crippen molar-refractivity contribution in [2.75, 3.05) is 38.3 Å². The highest BCUT2D eigenvalue weighted by Crippen LogP contribution is 2.21. The maximum atomic E-state index is 5.97. The van der Waals surface area contributed by atoms with Gasteiger partial charge in [-0.1, -0.05) is 24.3 Å². The molecule has 30 heavy (non-hydrogen) atoms. The summed E-state index contributed by atoms with van der Waals surface area (Å²) < 4.78 is 11.4. The van der Waals surface area contributed by atoms with E-state index in [1.807, 2.05) is 13.8 Å². The first kappa shape index (κ1) is 22.0. The van der Waals surface area contributed by atoms with E-state index in [-0.39, 0.29) is 6.10 Å². The lowest BCUT2D eigenvalue weighted by atomic mass is 10.1. The first-order chi connectivity index (χ1) is 14.5. The second-order valence-electron chi connectivity index (χ2n) is 7.82. The molecule has 0 radical (unpaired) electrons. The molecule has 1 saturated heterocycles. The SMILES string of the molecule is CN=C(NCc1ccc(N2CCOCC2)cc1)NCc1ccc(C)cc1OC(C)C. The van der Waals surface area contributed by atoms with Gasteiger partial charge in [0, 0.05) is 44.5 Å². The largest absolute Gasteiger partial charge is 0.491 e. The molecule has 6 heteroatoms. The van der Waals surface area contributed by atoms with E-state index in [0.717, 1.165) is 43.6 Å². The van der Waals surface area contributed by atoms with Gasteiger partial charge in [-0.3, -0.25) is 4.99 Å². The molecular weight excluding hydrogens is 376 g/mol. The number of anilines is 1. The van der Waals surface area contributed by atoms with Crippen LogP contribution in [0.5, 0.6) is 5.75 Å². The van der Waals surface area contributed by atoms with Crippen molar-refractivity contribution in [3.63, 3.8) is 0 Å². The van der Waals surface area contributed by atoms with Crippen molar-refractivity contribution in [2.24, 2.45) is 4.99 Å². The number of nitrogens with one attached hydrogen (secondary N) is 2. The predicted molar refractivity (Wildman–Crippen MR) is 123 cm³/mol. The molecule has 0 saturated carbocycles. The van der Waals surface area contributed by atoms with Gasteiger partial charge in [0.2, 0.25) is 0 Å². The van der Waals surface area contributed by atoms with Crippen LogP contribution in [0.15, 0.2) is 47.5 Å². The van der Waals surface area contributed by atoms with Crippen molar-refractivity contribution in [1.82, 2.24) is 10.6 Å². The van der Waals surface area contributed by atoms with Crippen LogP contribution in [0.4, 0.5) is 5.69 Å². The summed E-state index contributed by atoms with van der Waals surface area (Å²) in [7, 11) is 1.79. The van der Waals surface area contributed by atoms with Gasteiger partial charge >= 0.3 is 0 Å². The third-order valence-electron chi connectivity index (χ3n) is 5.03. The Kier molecular flexibility index (Phi) is 7.97. The number of nitrogens with zero attached hydrogens (tertiary/aromatic N) is 2. The van der Waals surface area contributed by atoms with Crippen molar-refractivity contribution < 1.29 is 9.47 Å². The molecule has 0 amide bonds. The molecule has 0 spiro atoms. The van der Waals surface area contributed by atoms with Gasteiger partial charge in [-0.25, -0.2) is 0 Å². The van der Waals surface area contributed by atoms with E-state index in [0.29, 0.717) is 13.1 Å². The van der Waals surface area contributed by atoms with Crippen molar-refractivity contribution in [1.29, 1.82) is 0 Å². The molecule has 3 rings (SSSR count). The van der Waals surface area contributed by atoms with Crippen LogP contribution < -0.4 is 20.3 Å². The highest BCUT2D eigenvalue weighted by Gasteiger charge is 2.11. The van der Waals surface area contributed by atoms with Gasteiger partial charge in [0.25, 0.3) is 0 Å². The van der Waals surface area contributed by atoms with E-state index < -0.39 is 0 Å². The molecule has 1 aliphatic heterocycles. The minimum Gasteiger partial charge on any atom is -0.491 e. The summed E-state index contributed by atoms with van der Waals surface area (Å²) in [6.07, 6.45) is 0.142. The van der Waals surface area contributed by atoms with Crippen molar-refractivity contribution in [3.8, 4) is 5.75 Å². The van der Waals surface area contributed by atoms with Crippen LogP contribution in [0, 0.1) is 6.92 Å². The Morgan fingerprint density at radius 2 is 1.77 bits per heavy atom. The summed E-state index contributed by atoms with van der Waals surface area (Å²) in [6, 6.07) is 15.0. The smallest absolute Gasteiger partial charge is 0.191 e. The zero-order valence-corrected chi connectivity index (χ0v) is 18.6. The predicted octanol–water partition coefficient (Wildman–Crippen LogP) is 3.48. The molecular formula is C24H34N4O2. The Morgan fingerprint density at radius 3 is 2.43 bits per heavy atom. The average Bonchev–Trinajstić information content (AvgIpc) is 2.75. The third kappa shape index (κ3) is 6.39. The molecule has 162 valence electrons. The molecule has 1 aliphatic rings. The fourth-order valence-electron chi connectivity index (χ4n) is 3.40. The first-order valence-corrected chi connectivity index (χ1v) is 10.7. The van der Waals surface area contributed by atoms with Crippen LogP contribution in [0.25, 0.3) is 0 Å². The summed E-state index contributed by atoms with van der Waals surface area (Å²) in [4.78, 5) is 6.71. The highest BCUT2D eigenvalue weighted by molar-refractivity contribution is 5.79. The molecule has 0 bridgehead atoms. The van der Waals surface area contributed by atoms with E-state index >= 15 is 0 Å². The number of aryl methyl sites for hydroxylation is 1. The molecule has 2 aromatic rings. The summed E-state index contributed by atoms with van der Waals surface area (Å²) >= 11 is 0. The normalized spacial score (nSPS) is 14.7. The summed E-state index contributed by atoms with van der Waals surface area (Å²) in [5.41, 5.74) is 4.78. The van der Waals surface area contributed by atoms with Crippen LogP contribution in [-0.4, -0.2) is 45.4 Å². The van der Waals surface area contributed by atoms with Gasteiger partial charge in [-0.05, 0) is 50.1 Å². The molecule has 2 N–H and O–H groups in total. The standard InChI is InChI=1S/C24H34N4O2/c1-18(2)30-23-15-19(3)5-8-21(23)17-27-24(25-4)26-16-20-6-9-22(10-7-20)28-11-13-29-14-12-28/h5-10,15,18H,11-14,16-17H2,1-4H3,(H2,25,26,27). The zero-order valence-electron chi connectivity index (χ0n) is 18.6. The Hall–Kier alpha value is -2.73. The number of hydrogen-bond donors (Lipinski definition) is 2. The maximum absolute atomic E-state index is 5.97. The van der Waals surface area contributed by atoms with E-state index in [1.165, 1.54) is 16.8 Å². The van der Waals surface area contributed by atoms with E-state index in [4.69, 9.17) is 9.47 Å². The Labute approximate surface area is 180 Å². The summed E-state index contributed by atoms with van der Waals surface area (Å²) in [6.45, 7) is 11.0. The lowest BCUT2D eigenvalue weighted by Crippen LogP contribution is -2.37. The lowest BCUT2D eigenvalue weighted by Gasteiger charge is -2.29. The third-order valence-corrected chi connectivity index (χ3v) is 5.03. The number of morpholine rings is 1. The Bertz CT molecular complexity index is 828. The molecule has 2 aromatic carbocycles. The number of benzene rings is 2. The van der Waals surface area contributed by atoms with E-state index in [2.05, 4.69) is 69.9 Å². The van der Waals surface area contributed by atoms with Gasteiger partial charge in [-0.15, -0.1) is 0 Å².